The fourth-order valence-corrected chi connectivity index (χ4v) is 2.59. The summed E-state index contributed by atoms with van der Waals surface area (Å²) in [4.78, 5) is 8.78. The number of anilines is 1. The molecule has 126 valence electrons. The quantitative estimate of drug-likeness (QED) is 0.754. The van der Waals surface area contributed by atoms with Crippen LogP contribution in [-0.4, -0.2) is 31.4 Å². The van der Waals surface area contributed by atoms with Gasteiger partial charge in [-0.15, -0.1) is 0 Å². The summed E-state index contributed by atoms with van der Waals surface area (Å²) in [5, 5.41) is 7.57. The van der Waals surface area contributed by atoms with Gasteiger partial charge in [-0.3, -0.25) is 0 Å². The Morgan fingerprint density at radius 3 is 2.58 bits per heavy atom. The van der Waals surface area contributed by atoms with Gasteiger partial charge in [-0.05, 0) is 38.1 Å². The third-order valence-electron chi connectivity index (χ3n) is 3.91. The van der Waals surface area contributed by atoms with Gasteiger partial charge in [0.2, 0.25) is 5.95 Å². The molecule has 0 fully saturated rings. The van der Waals surface area contributed by atoms with Gasteiger partial charge in [-0.2, -0.15) is 5.10 Å². The highest BCUT2D eigenvalue weighted by Crippen LogP contribution is 2.24. The summed E-state index contributed by atoms with van der Waals surface area (Å²) in [7, 11) is 3.65. The summed E-state index contributed by atoms with van der Waals surface area (Å²) in [5.41, 5.74) is 2.12. The lowest BCUT2D eigenvalue weighted by atomic mass is 10.1. The molecule has 1 aromatic carbocycles. The Morgan fingerprint density at radius 2 is 1.92 bits per heavy atom. The van der Waals surface area contributed by atoms with Crippen LogP contribution >= 0.6 is 0 Å². The number of imidazole rings is 1. The average Bonchev–Trinajstić information content (AvgIpc) is 3.20. The van der Waals surface area contributed by atoms with Crippen molar-refractivity contribution in [1.29, 1.82) is 0 Å². The maximum atomic E-state index is 5.20. The number of benzene rings is 1. The van der Waals surface area contributed by atoms with Gasteiger partial charge in [-0.1, -0.05) is 0 Å². The summed E-state index contributed by atoms with van der Waals surface area (Å²) in [6.45, 7) is 4.74. The van der Waals surface area contributed by atoms with Gasteiger partial charge in [-0.25, -0.2) is 14.6 Å². The molecule has 0 aliphatic carbocycles. The standard InChI is InChI=1S/C17H22N6O/c1-12(2)23-16(20-11-21-23)10-19-17-18-9-15(22(17)3)13-5-7-14(24-4)8-6-13/h5-9,11-12H,10H2,1-4H3,(H,18,19). The molecule has 0 amide bonds. The van der Waals surface area contributed by atoms with Gasteiger partial charge in [0, 0.05) is 18.7 Å². The third-order valence-corrected chi connectivity index (χ3v) is 3.91. The van der Waals surface area contributed by atoms with Crippen molar-refractivity contribution in [2.75, 3.05) is 12.4 Å². The molecule has 3 rings (SSSR count). The molecule has 0 aliphatic heterocycles. The second-order valence-corrected chi connectivity index (χ2v) is 5.82. The fraction of sp³-hybridized carbons (Fsp3) is 0.353. The van der Waals surface area contributed by atoms with Crippen molar-refractivity contribution in [1.82, 2.24) is 24.3 Å². The first kappa shape index (κ1) is 16.0. The van der Waals surface area contributed by atoms with Gasteiger partial charge in [0.25, 0.3) is 0 Å². The molecule has 2 heterocycles. The van der Waals surface area contributed by atoms with Gasteiger partial charge >= 0.3 is 0 Å². The number of hydrogen-bond acceptors (Lipinski definition) is 5. The Balaban J connectivity index is 1.76. The third kappa shape index (κ3) is 3.10. The van der Waals surface area contributed by atoms with Crippen molar-refractivity contribution in [2.24, 2.45) is 7.05 Å². The number of nitrogens with one attached hydrogen (secondary N) is 1. The molecule has 0 atom stereocenters. The van der Waals surface area contributed by atoms with Crippen LogP contribution in [0.2, 0.25) is 0 Å². The van der Waals surface area contributed by atoms with Crippen LogP contribution in [0, 0.1) is 0 Å². The van der Waals surface area contributed by atoms with Crippen LogP contribution < -0.4 is 10.1 Å². The fourth-order valence-electron chi connectivity index (χ4n) is 2.59. The number of aromatic nitrogens is 5. The summed E-state index contributed by atoms with van der Waals surface area (Å²) in [6.07, 6.45) is 3.44. The smallest absolute Gasteiger partial charge is 0.203 e. The SMILES string of the molecule is COc1ccc(-c2cnc(NCc3ncnn3C(C)C)n2C)cc1. The number of nitrogens with zero attached hydrogens (tertiary/aromatic N) is 5. The second-order valence-electron chi connectivity index (χ2n) is 5.82. The van der Waals surface area contributed by atoms with Crippen molar-refractivity contribution in [3.8, 4) is 17.0 Å². The first-order valence-electron chi connectivity index (χ1n) is 7.88. The molecular formula is C17H22N6O. The van der Waals surface area contributed by atoms with E-state index in [9.17, 15) is 0 Å². The van der Waals surface area contributed by atoms with E-state index in [4.69, 9.17) is 4.74 Å². The van der Waals surface area contributed by atoms with Gasteiger partial charge in [0.05, 0.1) is 25.5 Å². The van der Waals surface area contributed by atoms with E-state index in [-0.39, 0.29) is 6.04 Å². The second kappa shape index (κ2) is 6.74. The van der Waals surface area contributed by atoms with E-state index in [0.29, 0.717) is 6.54 Å². The van der Waals surface area contributed by atoms with Crippen LogP contribution in [0.1, 0.15) is 25.7 Å². The minimum Gasteiger partial charge on any atom is -0.497 e. The highest BCUT2D eigenvalue weighted by Gasteiger charge is 2.11. The largest absolute Gasteiger partial charge is 0.497 e. The summed E-state index contributed by atoms with van der Waals surface area (Å²) in [5.74, 6) is 2.52. The minimum absolute atomic E-state index is 0.278. The predicted octanol–water partition coefficient (Wildman–Crippen LogP) is 2.88. The van der Waals surface area contributed by atoms with E-state index in [1.165, 1.54) is 0 Å². The lowest BCUT2D eigenvalue weighted by Gasteiger charge is -2.11. The number of rotatable bonds is 6. The van der Waals surface area contributed by atoms with E-state index in [1.807, 2.05) is 46.8 Å². The average molecular weight is 326 g/mol. The molecule has 7 heteroatoms. The van der Waals surface area contributed by atoms with Gasteiger partial charge in [0.15, 0.2) is 0 Å². The lowest BCUT2D eigenvalue weighted by molar-refractivity contribution is 0.415. The first-order chi connectivity index (χ1) is 11.6. The van der Waals surface area contributed by atoms with Crippen molar-refractivity contribution in [3.05, 3.63) is 42.6 Å². The van der Waals surface area contributed by atoms with Crippen LogP contribution in [0.5, 0.6) is 5.75 Å². The molecule has 3 aromatic rings. The Morgan fingerprint density at radius 1 is 1.17 bits per heavy atom. The van der Waals surface area contributed by atoms with E-state index >= 15 is 0 Å². The lowest BCUT2D eigenvalue weighted by Crippen LogP contribution is -2.13. The van der Waals surface area contributed by atoms with E-state index in [1.54, 1.807) is 13.4 Å². The number of methoxy groups -OCH3 is 1. The van der Waals surface area contributed by atoms with E-state index in [0.717, 1.165) is 28.8 Å². The Labute approximate surface area is 141 Å². The number of hydrogen-bond donors (Lipinski definition) is 1. The minimum atomic E-state index is 0.278. The van der Waals surface area contributed by atoms with Crippen LogP contribution in [0.15, 0.2) is 36.8 Å². The van der Waals surface area contributed by atoms with Crippen LogP contribution in [0.4, 0.5) is 5.95 Å². The summed E-state index contributed by atoms with van der Waals surface area (Å²) in [6, 6.07) is 8.21. The molecule has 2 aromatic heterocycles. The molecule has 0 radical (unpaired) electrons. The van der Waals surface area contributed by atoms with Crippen molar-refractivity contribution < 1.29 is 4.74 Å². The maximum Gasteiger partial charge on any atom is 0.203 e. The predicted molar refractivity (Wildman–Crippen MR) is 92.9 cm³/mol. The topological polar surface area (TPSA) is 69.8 Å². The van der Waals surface area contributed by atoms with E-state index in [2.05, 4.69) is 34.2 Å². The zero-order valence-electron chi connectivity index (χ0n) is 14.4. The molecule has 7 nitrogen and oxygen atoms in total. The molecule has 0 saturated heterocycles. The Kier molecular flexibility index (Phi) is 4.50. The number of ether oxygens (including phenoxy) is 1. The Hall–Kier alpha value is -2.83. The first-order valence-corrected chi connectivity index (χ1v) is 7.88. The summed E-state index contributed by atoms with van der Waals surface area (Å²) >= 11 is 0. The highest BCUT2D eigenvalue weighted by molar-refractivity contribution is 5.62. The summed E-state index contributed by atoms with van der Waals surface area (Å²) < 4.78 is 9.13. The highest BCUT2D eigenvalue weighted by atomic mass is 16.5. The molecule has 0 spiro atoms. The Bertz CT molecular complexity index is 803. The normalized spacial score (nSPS) is 11.0. The van der Waals surface area contributed by atoms with E-state index < -0.39 is 0 Å². The molecule has 0 bridgehead atoms. The maximum absolute atomic E-state index is 5.20. The molecule has 0 unspecified atom stereocenters. The molecule has 1 N–H and O–H groups in total. The molecular weight excluding hydrogens is 304 g/mol. The molecule has 0 aliphatic rings. The molecule has 0 saturated carbocycles. The van der Waals surface area contributed by atoms with Crippen molar-refractivity contribution in [3.63, 3.8) is 0 Å². The van der Waals surface area contributed by atoms with Crippen LogP contribution in [0.25, 0.3) is 11.3 Å². The zero-order valence-corrected chi connectivity index (χ0v) is 14.4. The van der Waals surface area contributed by atoms with Crippen LogP contribution in [-0.2, 0) is 13.6 Å². The van der Waals surface area contributed by atoms with Crippen molar-refractivity contribution >= 4 is 5.95 Å². The molecule has 24 heavy (non-hydrogen) atoms. The monoisotopic (exact) mass is 326 g/mol. The van der Waals surface area contributed by atoms with Crippen LogP contribution in [0.3, 0.4) is 0 Å². The van der Waals surface area contributed by atoms with Gasteiger partial charge < -0.3 is 14.6 Å². The van der Waals surface area contributed by atoms with Crippen molar-refractivity contribution in [2.45, 2.75) is 26.4 Å². The van der Waals surface area contributed by atoms with Gasteiger partial charge in [0.1, 0.15) is 17.9 Å². The zero-order chi connectivity index (χ0) is 17.1.